The van der Waals surface area contributed by atoms with Gasteiger partial charge in [-0.3, -0.25) is 4.79 Å². The second-order valence-corrected chi connectivity index (χ2v) is 10.4. The van der Waals surface area contributed by atoms with Crippen LogP contribution in [0.1, 0.15) is 33.1 Å². The van der Waals surface area contributed by atoms with Gasteiger partial charge in [0.1, 0.15) is 6.04 Å². The molecule has 8 nitrogen and oxygen atoms in total. The van der Waals surface area contributed by atoms with Crippen molar-refractivity contribution in [3.8, 4) is 0 Å². The van der Waals surface area contributed by atoms with E-state index in [9.17, 15) is 21.6 Å². The second-order valence-electron chi connectivity index (χ2n) is 6.49. The highest BCUT2D eigenvalue weighted by molar-refractivity contribution is 7.89. The van der Waals surface area contributed by atoms with Gasteiger partial charge in [0.2, 0.25) is 26.0 Å². The van der Waals surface area contributed by atoms with Crippen molar-refractivity contribution in [3.05, 3.63) is 24.3 Å². The van der Waals surface area contributed by atoms with Crippen molar-refractivity contribution < 1.29 is 21.6 Å². The molecule has 0 saturated carbocycles. The maximum atomic E-state index is 12.7. The molecule has 10 heteroatoms. The molecule has 1 atom stereocenters. The molecule has 0 aliphatic carbocycles. The average molecular weight is 418 g/mol. The first-order valence-corrected chi connectivity index (χ1v) is 12.3. The molecule has 27 heavy (non-hydrogen) atoms. The van der Waals surface area contributed by atoms with Crippen LogP contribution in [-0.2, 0) is 24.8 Å². The number of piperidine rings is 1. The van der Waals surface area contributed by atoms with Gasteiger partial charge < -0.3 is 5.32 Å². The van der Waals surface area contributed by atoms with Gasteiger partial charge in [-0.1, -0.05) is 26.3 Å². The van der Waals surface area contributed by atoms with Crippen molar-refractivity contribution in [2.75, 3.05) is 31.2 Å². The maximum Gasteiger partial charge on any atom is 0.243 e. The van der Waals surface area contributed by atoms with E-state index in [1.165, 1.54) is 20.7 Å². The molecule has 1 saturated heterocycles. The van der Waals surface area contributed by atoms with E-state index in [2.05, 4.69) is 5.32 Å². The quantitative estimate of drug-likeness (QED) is 0.723. The Labute approximate surface area is 161 Å². The summed E-state index contributed by atoms with van der Waals surface area (Å²) in [5, 5.41) is 2.67. The summed E-state index contributed by atoms with van der Waals surface area (Å²) in [6, 6.07) is 5.25. The smallest absolute Gasteiger partial charge is 0.243 e. The third-order valence-electron chi connectivity index (χ3n) is 4.63. The molecule has 0 bridgehead atoms. The Morgan fingerprint density at radius 2 is 1.85 bits per heavy atom. The van der Waals surface area contributed by atoms with Gasteiger partial charge in [-0.25, -0.2) is 16.8 Å². The van der Waals surface area contributed by atoms with Crippen LogP contribution in [0.5, 0.6) is 0 Å². The van der Waals surface area contributed by atoms with Gasteiger partial charge in [0, 0.05) is 25.3 Å². The van der Waals surface area contributed by atoms with E-state index in [1.54, 1.807) is 26.0 Å². The van der Waals surface area contributed by atoms with Crippen LogP contribution in [0.3, 0.4) is 0 Å². The van der Waals surface area contributed by atoms with E-state index in [0.717, 1.165) is 12.7 Å². The average Bonchev–Trinajstić information content (AvgIpc) is 2.62. The molecule has 1 N–H and O–H groups in total. The highest BCUT2D eigenvalue weighted by Gasteiger charge is 2.34. The first kappa shape index (κ1) is 21.8. The molecule has 0 spiro atoms. The van der Waals surface area contributed by atoms with Crippen molar-refractivity contribution in [1.29, 1.82) is 0 Å². The molecule has 0 aromatic heterocycles. The van der Waals surface area contributed by atoms with E-state index < -0.39 is 32.0 Å². The lowest BCUT2D eigenvalue weighted by Crippen LogP contribution is -2.49. The van der Waals surface area contributed by atoms with Crippen molar-refractivity contribution in [3.63, 3.8) is 0 Å². The van der Waals surface area contributed by atoms with E-state index in [-0.39, 0.29) is 4.90 Å². The Balaban J connectivity index is 2.24. The Kier molecular flexibility index (Phi) is 7.01. The monoisotopic (exact) mass is 417 g/mol. The maximum absolute atomic E-state index is 12.7. The van der Waals surface area contributed by atoms with Gasteiger partial charge in [-0.2, -0.15) is 8.61 Å². The van der Waals surface area contributed by atoms with Crippen LogP contribution in [0.4, 0.5) is 5.69 Å². The number of nitrogens with zero attached hydrogens (tertiary/aromatic N) is 2. The zero-order valence-corrected chi connectivity index (χ0v) is 17.5. The summed E-state index contributed by atoms with van der Waals surface area (Å²) in [4.78, 5) is 12.7. The molecule has 0 radical (unpaired) electrons. The molecule has 152 valence electrons. The summed E-state index contributed by atoms with van der Waals surface area (Å²) in [5.41, 5.74) is 0.326. The van der Waals surface area contributed by atoms with Gasteiger partial charge in [0.05, 0.1) is 11.2 Å². The van der Waals surface area contributed by atoms with Crippen molar-refractivity contribution in [1.82, 2.24) is 8.61 Å². The molecule has 1 amide bonds. The number of carbonyl (C=O) groups excluding carboxylic acids is 1. The minimum Gasteiger partial charge on any atom is -0.325 e. The number of sulfonamides is 2. The van der Waals surface area contributed by atoms with Crippen LogP contribution in [-0.4, -0.2) is 63.3 Å². The number of amides is 1. The predicted octanol–water partition coefficient (Wildman–Crippen LogP) is 1.47. The highest BCUT2D eigenvalue weighted by Crippen LogP contribution is 2.23. The van der Waals surface area contributed by atoms with E-state index in [1.807, 2.05) is 0 Å². The lowest BCUT2D eigenvalue weighted by Gasteiger charge is -2.32. The Bertz CT molecular complexity index is 880. The number of benzene rings is 1. The molecule has 1 aromatic rings. The lowest BCUT2D eigenvalue weighted by atomic mass is 10.0. The molecule has 1 unspecified atom stereocenters. The Morgan fingerprint density at radius 1 is 1.19 bits per heavy atom. The fourth-order valence-electron chi connectivity index (χ4n) is 3.24. The SMILES string of the molecule is CCN(CC)S(=O)(=O)c1cccc(NC(=O)C2CCCCN2S(C)(=O)=O)c1. The third kappa shape index (κ3) is 5.07. The zero-order valence-electron chi connectivity index (χ0n) is 15.9. The lowest BCUT2D eigenvalue weighted by molar-refractivity contribution is -0.120. The second kappa shape index (κ2) is 8.68. The van der Waals surface area contributed by atoms with Gasteiger partial charge >= 0.3 is 0 Å². The van der Waals surface area contributed by atoms with Crippen LogP contribution in [0.25, 0.3) is 0 Å². The van der Waals surface area contributed by atoms with Crippen LogP contribution >= 0.6 is 0 Å². The van der Waals surface area contributed by atoms with Crippen LogP contribution in [0.2, 0.25) is 0 Å². The largest absolute Gasteiger partial charge is 0.325 e. The summed E-state index contributed by atoms with van der Waals surface area (Å²) < 4.78 is 51.7. The predicted molar refractivity (Wildman–Crippen MR) is 104 cm³/mol. The van der Waals surface area contributed by atoms with Gasteiger partial charge in [-0.05, 0) is 31.0 Å². The molecule has 1 aromatic carbocycles. The summed E-state index contributed by atoms with van der Waals surface area (Å²) in [6.07, 6.45) is 3.02. The molecule has 1 aliphatic rings. The molecule has 2 rings (SSSR count). The van der Waals surface area contributed by atoms with Crippen LogP contribution in [0.15, 0.2) is 29.2 Å². The number of anilines is 1. The standard InChI is InChI=1S/C17H27N3O5S2/c1-4-19(5-2)27(24,25)15-10-8-9-14(13-15)18-17(21)16-11-6-7-12-20(16)26(3,22)23/h8-10,13,16H,4-7,11-12H2,1-3H3,(H,18,21). The summed E-state index contributed by atoms with van der Waals surface area (Å²) in [5.74, 6) is -0.447. The number of carbonyl (C=O) groups is 1. The first-order chi connectivity index (χ1) is 12.6. The zero-order chi connectivity index (χ0) is 20.2. The highest BCUT2D eigenvalue weighted by atomic mass is 32.2. The Morgan fingerprint density at radius 3 is 2.44 bits per heavy atom. The number of nitrogens with one attached hydrogen (secondary N) is 1. The third-order valence-corrected chi connectivity index (χ3v) is 7.96. The van der Waals surface area contributed by atoms with Crippen molar-refractivity contribution in [2.24, 2.45) is 0 Å². The molecule has 1 fully saturated rings. The van der Waals surface area contributed by atoms with Gasteiger partial charge in [0.15, 0.2) is 0 Å². The topological polar surface area (TPSA) is 104 Å². The fourth-order valence-corrected chi connectivity index (χ4v) is 5.87. The van der Waals surface area contributed by atoms with Crippen LogP contribution < -0.4 is 5.32 Å². The minimum atomic E-state index is -3.64. The summed E-state index contributed by atoms with van der Waals surface area (Å²) >= 11 is 0. The fraction of sp³-hybridized carbons (Fsp3) is 0.588. The van der Waals surface area contributed by atoms with Crippen LogP contribution in [0, 0.1) is 0 Å². The van der Waals surface area contributed by atoms with Crippen molar-refractivity contribution in [2.45, 2.75) is 44.0 Å². The molecular formula is C17H27N3O5S2. The normalized spacial score (nSPS) is 19.2. The minimum absolute atomic E-state index is 0.0904. The first-order valence-electron chi connectivity index (χ1n) is 8.99. The molecular weight excluding hydrogens is 390 g/mol. The van der Waals surface area contributed by atoms with E-state index in [0.29, 0.717) is 38.2 Å². The molecule has 1 heterocycles. The number of hydrogen-bond donors (Lipinski definition) is 1. The number of rotatable bonds is 7. The van der Waals surface area contributed by atoms with E-state index in [4.69, 9.17) is 0 Å². The van der Waals surface area contributed by atoms with Gasteiger partial charge in [0.25, 0.3) is 0 Å². The van der Waals surface area contributed by atoms with Gasteiger partial charge in [-0.15, -0.1) is 0 Å². The van der Waals surface area contributed by atoms with E-state index >= 15 is 0 Å². The summed E-state index contributed by atoms with van der Waals surface area (Å²) in [7, 11) is -7.13. The Hall–Kier alpha value is -1.49. The number of hydrogen-bond acceptors (Lipinski definition) is 5. The molecule has 1 aliphatic heterocycles. The summed E-state index contributed by atoms with van der Waals surface area (Å²) in [6.45, 7) is 4.53. The van der Waals surface area contributed by atoms with Crippen molar-refractivity contribution >= 4 is 31.6 Å².